The van der Waals surface area contributed by atoms with Gasteiger partial charge in [0.25, 0.3) is 0 Å². The van der Waals surface area contributed by atoms with E-state index in [-0.39, 0.29) is 12.6 Å². The van der Waals surface area contributed by atoms with Crippen molar-refractivity contribution in [3.05, 3.63) is 52.5 Å². The monoisotopic (exact) mass is 454 g/mol. The molecule has 0 bridgehead atoms. The first-order chi connectivity index (χ1) is 12.6. The number of sulfonamides is 1. The van der Waals surface area contributed by atoms with E-state index < -0.39 is 15.9 Å². The smallest absolute Gasteiger partial charge is 0.245 e. The number of anilines is 2. The maximum Gasteiger partial charge on any atom is 0.245 e. The highest BCUT2D eigenvalue weighted by Crippen LogP contribution is 2.26. The fourth-order valence-electron chi connectivity index (χ4n) is 2.43. The van der Waals surface area contributed by atoms with Crippen LogP contribution in [0.1, 0.15) is 19.4 Å². The number of nitrogens with zero attached hydrogens (tertiary/aromatic N) is 1. The largest absolute Gasteiger partial charge is 0.489 e. The predicted octanol–water partition coefficient (Wildman–Crippen LogP) is 3.95. The third-order valence-electron chi connectivity index (χ3n) is 3.64. The first-order valence-electron chi connectivity index (χ1n) is 8.37. The SMILES string of the molecule is Cc1cc(N(CC(=O)Nc2ccccc2OC(C)C)S(C)(=O)=O)ccc1Br. The van der Waals surface area contributed by atoms with E-state index in [9.17, 15) is 13.2 Å². The molecule has 0 spiro atoms. The second-order valence-electron chi connectivity index (χ2n) is 6.41. The lowest BCUT2D eigenvalue weighted by molar-refractivity contribution is -0.114. The lowest BCUT2D eigenvalue weighted by atomic mass is 10.2. The second kappa shape index (κ2) is 8.75. The van der Waals surface area contributed by atoms with Crippen LogP contribution in [0.25, 0.3) is 0 Å². The lowest BCUT2D eigenvalue weighted by Crippen LogP contribution is -2.37. The molecule has 1 N–H and O–H groups in total. The van der Waals surface area contributed by atoms with Crippen molar-refractivity contribution in [1.82, 2.24) is 0 Å². The number of para-hydroxylation sites is 2. The van der Waals surface area contributed by atoms with Crippen molar-refractivity contribution >= 4 is 43.2 Å². The standard InChI is InChI=1S/C19H23BrN2O4S/c1-13(2)26-18-8-6-5-7-17(18)21-19(23)12-22(27(4,24)25)15-9-10-16(20)14(3)11-15/h5-11,13H,12H2,1-4H3,(H,21,23). The summed E-state index contributed by atoms with van der Waals surface area (Å²) < 4.78 is 32.1. The number of ether oxygens (including phenoxy) is 1. The Bertz CT molecular complexity index is 929. The van der Waals surface area contributed by atoms with Crippen molar-refractivity contribution in [3.63, 3.8) is 0 Å². The van der Waals surface area contributed by atoms with Crippen LogP contribution in [-0.2, 0) is 14.8 Å². The number of halogens is 1. The fraction of sp³-hybridized carbons (Fsp3) is 0.316. The number of hydrogen-bond donors (Lipinski definition) is 1. The summed E-state index contributed by atoms with van der Waals surface area (Å²) in [5.74, 6) is 0.0760. The third kappa shape index (κ3) is 5.97. The molecular formula is C19H23BrN2O4S. The summed E-state index contributed by atoms with van der Waals surface area (Å²) in [7, 11) is -3.64. The van der Waals surface area contributed by atoms with Crippen molar-refractivity contribution in [3.8, 4) is 5.75 Å². The number of amides is 1. The molecule has 146 valence electrons. The molecule has 0 atom stereocenters. The Morgan fingerprint density at radius 3 is 2.48 bits per heavy atom. The molecule has 0 unspecified atom stereocenters. The van der Waals surface area contributed by atoms with Gasteiger partial charge >= 0.3 is 0 Å². The number of benzene rings is 2. The molecule has 27 heavy (non-hydrogen) atoms. The Morgan fingerprint density at radius 2 is 1.89 bits per heavy atom. The van der Waals surface area contributed by atoms with Gasteiger partial charge in [-0.15, -0.1) is 0 Å². The van der Waals surface area contributed by atoms with Gasteiger partial charge in [0.15, 0.2) is 0 Å². The van der Waals surface area contributed by atoms with Crippen LogP contribution in [0.2, 0.25) is 0 Å². The summed E-state index contributed by atoms with van der Waals surface area (Å²) in [5, 5.41) is 2.73. The molecule has 0 saturated carbocycles. The zero-order valence-electron chi connectivity index (χ0n) is 15.7. The Morgan fingerprint density at radius 1 is 1.22 bits per heavy atom. The number of nitrogens with one attached hydrogen (secondary N) is 1. The van der Waals surface area contributed by atoms with E-state index in [1.807, 2.05) is 20.8 Å². The third-order valence-corrected chi connectivity index (χ3v) is 5.67. The highest BCUT2D eigenvalue weighted by Gasteiger charge is 2.22. The van der Waals surface area contributed by atoms with E-state index in [4.69, 9.17) is 4.74 Å². The predicted molar refractivity (Wildman–Crippen MR) is 112 cm³/mol. The first kappa shape index (κ1) is 21.2. The van der Waals surface area contributed by atoms with Crippen LogP contribution in [0.4, 0.5) is 11.4 Å². The Labute approximate surface area is 168 Å². The van der Waals surface area contributed by atoms with Crippen LogP contribution in [0.5, 0.6) is 5.75 Å². The zero-order valence-corrected chi connectivity index (χ0v) is 18.1. The van der Waals surface area contributed by atoms with Gasteiger partial charge in [-0.1, -0.05) is 28.1 Å². The van der Waals surface area contributed by atoms with E-state index in [2.05, 4.69) is 21.2 Å². The minimum Gasteiger partial charge on any atom is -0.489 e. The minimum absolute atomic E-state index is 0.0543. The van der Waals surface area contributed by atoms with Crippen LogP contribution in [-0.4, -0.2) is 33.2 Å². The maximum atomic E-state index is 12.6. The summed E-state index contributed by atoms with van der Waals surface area (Å²) in [5.41, 5.74) is 1.80. The summed E-state index contributed by atoms with van der Waals surface area (Å²) in [6.45, 7) is 5.29. The highest BCUT2D eigenvalue weighted by atomic mass is 79.9. The number of aryl methyl sites for hydroxylation is 1. The molecule has 0 aliphatic heterocycles. The van der Waals surface area contributed by atoms with Crippen LogP contribution >= 0.6 is 15.9 Å². The summed E-state index contributed by atoms with van der Waals surface area (Å²) in [6, 6.07) is 12.2. The summed E-state index contributed by atoms with van der Waals surface area (Å²) in [6.07, 6.45) is 1.02. The number of hydrogen-bond acceptors (Lipinski definition) is 4. The van der Waals surface area contributed by atoms with E-state index in [0.29, 0.717) is 17.1 Å². The normalized spacial score (nSPS) is 11.3. The Balaban J connectivity index is 2.24. The molecule has 0 aliphatic rings. The zero-order chi connectivity index (χ0) is 20.2. The molecule has 0 saturated heterocycles. The minimum atomic E-state index is -3.64. The van der Waals surface area contributed by atoms with Crippen molar-refractivity contribution in [2.75, 3.05) is 22.4 Å². The maximum absolute atomic E-state index is 12.6. The first-order valence-corrected chi connectivity index (χ1v) is 11.0. The van der Waals surface area contributed by atoms with Crippen molar-refractivity contribution in [2.45, 2.75) is 26.9 Å². The van der Waals surface area contributed by atoms with Gasteiger partial charge in [-0.3, -0.25) is 9.10 Å². The summed E-state index contributed by atoms with van der Waals surface area (Å²) >= 11 is 3.39. The average Bonchev–Trinajstić information content (AvgIpc) is 2.56. The number of carbonyl (C=O) groups is 1. The fourth-order valence-corrected chi connectivity index (χ4v) is 3.53. The van der Waals surface area contributed by atoms with E-state index in [0.717, 1.165) is 20.6 Å². The van der Waals surface area contributed by atoms with Gasteiger partial charge in [-0.05, 0) is 56.7 Å². The van der Waals surface area contributed by atoms with Gasteiger partial charge < -0.3 is 10.1 Å². The topological polar surface area (TPSA) is 75.7 Å². The van der Waals surface area contributed by atoms with Gasteiger partial charge in [-0.25, -0.2) is 8.42 Å². The lowest BCUT2D eigenvalue weighted by Gasteiger charge is -2.23. The molecule has 0 heterocycles. The molecular weight excluding hydrogens is 432 g/mol. The molecule has 2 rings (SSSR count). The summed E-state index contributed by atoms with van der Waals surface area (Å²) in [4.78, 5) is 12.6. The van der Waals surface area contributed by atoms with Gasteiger partial charge in [0.1, 0.15) is 12.3 Å². The van der Waals surface area contributed by atoms with Crippen LogP contribution in [0, 0.1) is 6.92 Å². The van der Waals surface area contributed by atoms with Crippen molar-refractivity contribution < 1.29 is 17.9 Å². The second-order valence-corrected chi connectivity index (χ2v) is 9.18. The molecule has 2 aromatic carbocycles. The van der Waals surface area contributed by atoms with Crippen LogP contribution in [0.3, 0.4) is 0 Å². The average molecular weight is 455 g/mol. The van der Waals surface area contributed by atoms with Crippen LogP contribution < -0.4 is 14.4 Å². The molecule has 1 amide bonds. The molecule has 0 aromatic heterocycles. The van der Waals surface area contributed by atoms with Crippen molar-refractivity contribution in [2.24, 2.45) is 0 Å². The Kier molecular flexibility index (Phi) is 6.89. The quantitative estimate of drug-likeness (QED) is 0.686. The molecule has 0 radical (unpaired) electrons. The van der Waals surface area contributed by atoms with E-state index in [1.165, 1.54) is 0 Å². The molecule has 6 nitrogen and oxygen atoms in total. The Hall–Kier alpha value is -2.06. The highest BCUT2D eigenvalue weighted by molar-refractivity contribution is 9.10. The van der Waals surface area contributed by atoms with Crippen molar-refractivity contribution in [1.29, 1.82) is 0 Å². The van der Waals surface area contributed by atoms with E-state index in [1.54, 1.807) is 42.5 Å². The molecule has 0 fully saturated rings. The number of rotatable bonds is 7. The molecule has 0 aliphatic carbocycles. The molecule has 2 aromatic rings. The molecule has 8 heteroatoms. The van der Waals surface area contributed by atoms with Gasteiger partial charge in [-0.2, -0.15) is 0 Å². The van der Waals surface area contributed by atoms with E-state index >= 15 is 0 Å². The number of carbonyl (C=O) groups excluding carboxylic acids is 1. The van der Waals surface area contributed by atoms with Gasteiger partial charge in [0.05, 0.1) is 23.7 Å². The van der Waals surface area contributed by atoms with Gasteiger partial charge in [0.2, 0.25) is 15.9 Å². The van der Waals surface area contributed by atoms with Crippen LogP contribution in [0.15, 0.2) is 46.9 Å². The van der Waals surface area contributed by atoms with Gasteiger partial charge in [0, 0.05) is 4.47 Å².